The molecule has 2 rings (SSSR count). The molecule has 1 fully saturated rings. The highest BCUT2D eigenvalue weighted by molar-refractivity contribution is 5.25. The maximum atomic E-state index is 12.4. The molecule has 1 aliphatic heterocycles. The van der Waals surface area contributed by atoms with Gasteiger partial charge in [-0.15, -0.1) is 0 Å². The second kappa shape index (κ2) is 5.92. The van der Waals surface area contributed by atoms with Gasteiger partial charge >= 0.3 is 6.18 Å². The minimum Gasteiger partial charge on any atom is -0.392 e. The van der Waals surface area contributed by atoms with Crippen LogP contribution in [0.3, 0.4) is 0 Å². The molecule has 0 spiro atoms. The predicted molar refractivity (Wildman–Crippen MR) is 64.7 cm³/mol. The highest BCUT2D eigenvalue weighted by Crippen LogP contribution is 2.29. The van der Waals surface area contributed by atoms with Crippen molar-refractivity contribution in [1.82, 2.24) is 0 Å². The Morgan fingerprint density at radius 2 is 1.95 bits per heavy atom. The van der Waals surface area contributed by atoms with Crippen LogP contribution in [0.1, 0.15) is 24.0 Å². The maximum absolute atomic E-state index is 12.4. The first-order valence-electron chi connectivity index (χ1n) is 6.39. The van der Waals surface area contributed by atoms with Crippen LogP contribution in [0.15, 0.2) is 24.3 Å². The van der Waals surface area contributed by atoms with Crippen LogP contribution in [0, 0.1) is 5.92 Å². The van der Waals surface area contributed by atoms with Crippen LogP contribution in [-0.2, 0) is 17.3 Å². The summed E-state index contributed by atoms with van der Waals surface area (Å²) in [5.41, 5.74) is 0.0535. The van der Waals surface area contributed by atoms with Crippen molar-refractivity contribution in [2.45, 2.75) is 31.5 Å². The lowest BCUT2D eigenvalue weighted by Crippen LogP contribution is -2.30. The number of rotatable bonds is 3. The summed E-state index contributed by atoms with van der Waals surface area (Å²) in [7, 11) is 0. The van der Waals surface area contributed by atoms with Crippen LogP contribution in [0.2, 0.25) is 0 Å². The summed E-state index contributed by atoms with van der Waals surface area (Å²) in [6, 6.07) is 4.96. The first kappa shape index (κ1) is 14.3. The molecule has 2 atom stereocenters. The van der Waals surface area contributed by atoms with Gasteiger partial charge < -0.3 is 9.84 Å². The number of aliphatic hydroxyl groups excluding tert-OH is 1. The van der Waals surface area contributed by atoms with E-state index in [1.165, 1.54) is 12.1 Å². The van der Waals surface area contributed by atoms with Crippen molar-refractivity contribution in [2.75, 3.05) is 13.2 Å². The third-order valence-electron chi connectivity index (χ3n) is 3.47. The van der Waals surface area contributed by atoms with Crippen LogP contribution in [0.25, 0.3) is 0 Å². The first-order valence-corrected chi connectivity index (χ1v) is 6.39. The Kier molecular flexibility index (Phi) is 4.47. The molecule has 0 saturated carbocycles. The van der Waals surface area contributed by atoms with Crippen LogP contribution in [-0.4, -0.2) is 24.4 Å². The molecule has 106 valence electrons. The number of hydrogen-bond acceptors (Lipinski definition) is 2. The second-order valence-corrected chi connectivity index (χ2v) is 4.94. The second-order valence-electron chi connectivity index (χ2n) is 4.94. The summed E-state index contributed by atoms with van der Waals surface area (Å²) >= 11 is 0. The van der Waals surface area contributed by atoms with Crippen molar-refractivity contribution in [2.24, 2.45) is 5.92 Å². The van der Waals surface area contributed by atoms with Gasteiger partial charge in [0.2, 0.25) is 0 Å². The summed E-state index contributed by atoms with van der Waals surface area (Å²) in [5.74, 6) is 0.0797. The Balaban J connectivity index is 1.95. The summed E-state index contributed by atoms with van der Waals surface area (Å²) < 4.78 is 42.5. The van der Waals surface area contributed by atoms with Gasteiger partial charge in [-0.25, -0.2) is 0 Å². The monoisotopic (exact) mass is 274 g/mol. The van der Waals surface area contributed by atoms with Crippen LogP contribution < -0.4 is 0 Å². The summed E-state index contributed by atoms with van der Waals surface area (Å²) in [4.78, 5) is 0. The van der Waals surface area contributed by atoms with Gasteiger partial charge in [0, 0.05) is 12.5 Å². The maximum Gasteiger partial charge on any atom is 0.416 e. The minimum atomic E-state index is -4.31. The molecule has 0 bridgehead atoms. The van der Waals surface area contributed by atoms with Crippen LogP contribution in [0.5, 0.6) is 0 Å². The summed E-state index contributed by atoms with van der Waals surface area (Å²) in [6.45, 7) is 1.26. The smallest absolute Gasteiger partial charge is 0.392 e. The largest absolute Gasteiger partial charge is 0.416 e. The van der Waals surface area contributed by atoms with E-state index in [-0.39, 0.29) is 5.92 Å². The Bertz CT molecular complexity index is 394. The Morgan fingerprint density at radius 3 is 2.47 bits per heavy atom. The molecule has 0 radical (unpaired) electrons. The minimum absolute atomic E-state index is 0.0797. The van der Waals surface area contributed by atoms with E-state index >= 15 is 0 Å². The fraction of sp³-hybridized carbons (Fsp3) is 0.571. The van der Waals surface area contributed by atoms with E-state index in [9.17, 15) is 18.3 Å². The topological polar surface area (TPSA) is 29.5 Å². The van der Waals surface area contributed by atoms with E-state index < -0.39 is 17.8 Å². The molecule has 1 heterocycles. The molecule has 19 heavy (non-hydrogen) atoms. The van der Waals surface area contributed by atoms with Crippen molar-refractivity contribution >= 4 is 0 Å². The zero-order valence-electron chi connectivity index (χ0n) is 10.5. The van der Waals surface area contributed by atoms with Crippen molar-refractivity contribution in [3.8, 4) is 0 Å². The number of aliphatic hydroxyl groups is 1. The molecule has 1 aromatic rings. The Labute approximate surface area is 110 Å². The van der Waals surface area contributed by atoms with E-state index in [0.29, 0.717) is 18.6 Å². The van der Waals surface area contributed by atoms with Crippen molar-refractivity contribution in [1.29, 1.82) is 0 Å². The molecule has 1 N–H and O–H groups in total. The van der Waals surface area contributed by atoms with E-state index in [4.69, 9.17) is 4.74 Å². The highest BCUT2D eigenvalue weighted by atomic mass is 19.4. The van der Waals surface area contributed by atoms with Gasteiger partial charge in [0.05, 0.1) is 18.3 Å². The van der Waals surface area contributed by atoms with E-state index in [1.54, 1.807) is 0 Å². The Morgan fingerprint density at radius 1 is 1.26 bits per heavy atom. The third kappa shape index (κ3) is 3.94. The van der Waals surface area contributed by atoms with E-state index in [2.05, 4.69) is 0 Å². The standard InChI is InChI=1S/C14H17F3O2/c15-14(16,17)12-5-3-10(4-6-12)8-13(18)11-2-1-7-19-9-11/h3-6,11,13,18H,1-2,7-9H2. The molecule has 1 aliphatic rings. The van der Waals surface area contributed by atoms with E-state index in [1.807, 2.05) is 0 Å². The SMILES string of the molecule is OC(Cc1ccc(C(F)(F)F)cc1)C1CCCOC1. The zero-order chi connectivity index (χ0) is 13.9. The van der Waals surface area contributed by atoms with Gasteiger partial charge in [0.25, 0.3) is 0 Å². The van der Waals surface area contributed by atoms with Crippen LogP contribution >= 0.6 is 0 Å². The molecule has 0 amide bonds. The molecule has 2 unspecified atom stereocenters. The fourth-order valence-corrected chi connectivity index (χ4v) is 2.31. The van der Waals surface area contributed by atoms with Crippen molar-refractivity contribution < 1.29 is 23.0 Å². The molecule has 1 aromatic carbocycles. The van der Waals surface area contributed by atoms with Gasteiger partial charge in [0.15, 0.2) is 0 Å². The molecule has 2 nitrogen and oxygen atoms in total. The summed E-state index contributed by atoms with van der Waals surface area (Å²) in [6.07, 6.45) is -2.67. The molecule has 0 aliphatic carbocycles. The molecular weight excluding hydrogens is 257 g/mol. The van der Waals surface area contributed by atoms with Crippen molar-refractivity contribution in [3.05, 3.63) is 35.4 Å². The van der Waals surface area contributed by atoms with E-state index in [0.717, 1.165) is 31.6 Å². The Hall–Kier alpha value is -1.07. The summed E-state index contributed by atoms with van der Waals surface area (Å²) in [5, 5.41) is 10.1. The number of halogens is 3. The van der Waals surface area contributed by atoms with Gasteiger partial charge in [-0.05, 0) is 37.0 Å². The lowest BCUT2D eigenvalue weighted by atomic mass is 9.91. The van der Waals surface area contributed by atoms with Gasteiger partial charge in [-0.1, -0.05) is 12.1 Å². The van der Waals surface area contributed by atoms with Gasteiger partial charge in [-0.2, -0.15) is 13.2 Å². The molecular formula is C14H17F3O2. The van der Waals surface area contributed by atoms with Gasteiger partial charge in [0.1, 0.15) is 0 Å². The number of hydrogen-bond donors (Lipinski definition) is 1. The number of ether oxygens (including phenoxy) is 1. The average Bonchev–Trinajstić information content (AvgIpc) is 2.39. The first-order chi connectivity index (χ1) is 8.97. The molecule has 1 saturated heterocycles. The van der Waals surface area contributed by atoms with Gasteiger partial charge in [-0.3, -0.25) is 0 Å². The highest BCUT2D eigenvalue weighted by Gasteiger charge is 2.30. The lowest BCUT2D eigenvalue weighted by Gasteiger charge is -2.26. The zero-order valence-corrected chi connectivity index (χ0v) is 10.5. The third-order valence-corrected chi connectivity index (χ3v) is 3.47. The fourth-order valence-electron chi connectivity index (χ4n) is 2.31. The predicted octanol–water partition coefficient (Wildman–Crippen LogP) is 3.04. The lowest BCUT2D eigenvalue weighted by molar-refractivity contribution is -0.137. The number of benzene rings is 1. The number of alkyl halides is 3. The normalized spacial score (nSPS) is 22.2. The van der Waals surface area contributed by atoms with Crippen molar-refractivity contribution in [3.63, 3.8) is 0 Å². The average molecular weight is 274 g/mol. The quantitative estimate of drug-likeness (QED) is 0.918. The molecule has 0 aromatic heterocycles. The van der Waals surface area contributed by atoms with Crippen LogP contribution in [0.4, 0.5) is 13.2 Å². The molecule has 5 heteroatoms.